The highest BCUT2D eigenvalue weighted by atomic mass is 31.2. The van der Waals surface area contributed by atoms with Crippen LogP contribution in [0.2, 0.25) is 0 Å². The van der Waals surface area contributed by atoms with Gasteiger partial charge < -0.3 is 33.7 Å². The van der Waals surface area contributed by atoms with Crippen molar-refractivity contribution in [2.75, 3.05) is 47.0 Å². The van der Waals surface area contributed by atoms with Crippen LogP contribution in [0.25, 0.3) is 0 Å². The smallest absolute Gasteiger partial charge is 0.268 e. The van der Waals surface area contributed by atoms with Crippen molar-refractivity contribution in [1.29, 1.82) is 0 Å². The Bertz CT molecular complexity index is 340. The number of hydrogen-bond acceptors (Lipinski definition) is 7. The predicted molar refractivity (Wildman–Crippen MR) is 80.0 cm³/mol. The van der Waals surface area contributed by atoms with E-state index in [0.717, 1.165) is 25.8 Å². The molecule has 0 aromatic carbocycles. The van der Waals surface area contributed by atoms with E-state index < -0.39 is 39.9 Å². The van der Waals surface area contributed by atoms with Gasteiger partial charge in [0.1, 0.15) is 18.8 Å². The third-order valence-electron chi connectivity index (χ3n) is 3.13. The van der Waals surface area contributed by atoms with E-state index in [1.807, 2.05) is 14.1 Å². The summed E-state index contributed by atoms with van der Waals surface area (Å²) in [7, 11) is -0.669. The van der Waals surface area contributed by atoms with Crippen LogP contribution in [0.1, 0.15) is 26.2 Å². The van der Waals surface area contributed by atoms with Gasteiger partial charge in [0.05, 0.1) is 40.5 Å². The first kappa shape index (κ1) is 21.9. The van der Waals surface area contributed by atoms with Gasteiger partial charge in [-0.05, 0) is 12.8 Å². The Morgan fingerprint density at radius 2 is 1.68 bits per heavy atom. The molecule has 3 unspecified atom stereocenters. The number of hydrogen-bond donors (Lipinski definition) is 3. The molecule has 22 heavy (non-hydrogen) atoms. The molecule has 0 aliphatic rings. The van der Waals surface area contributed by atoms with Gasteiger partial charge in [0.15, 0.2) is 0 Å². The van der Waals surface area contributed by atoms with Crippen molar-refractivity contribution in [2.45, 2.75) is 38.4 Å². The zero-order chi connectivity index (χ0) is 17.2. The maximum Gasteiger partial charge on any atom is 0.268 e. The van der Waals surface area contributed by atoms with Crippen LogP contribution in [-0.4, -0.2) is 79.0 Å². The highest BCUT2D eigenvalue weighted by Gasteiger charge is 2.22. The van der Waals surface area contributed by atoms with Gasteiger partial charge in [-0.1, -0.05) is 13.3 Å². The van der Waals surface area contributed by atoms with Gasteiger partial charge in [-0.15, -0.1) is 0 Å². The summed E-state index contributed by atoms with van der Waals surface area (Å²) >= 11 is 0. The first-order valence-electron chi connectivity index (χ1n) is 7.51. The Balaban J connectivity index is 4.09. The number of phosphoric ester groups is 1. The molecule has 134 valence electrons. The van der Waals surface area contributed by atoms with Crippen LogP contribution >= 0.6 is 7.82 Å². The monoisotopic (exact) mass is 343 g/mol. The van der Waals surface area contributed by atoms with E-state index in [4.69, 9.17) is 10.2 Å². The maximum atomic E-state index is 11.4. The SMILES string of the molecule is CCCCC[N+](C)(C)CC(O)COP(=O)([O-])OCC(O)CO. The van der Waals surface area contributed by atoms with Gasteiger partial charge in [-0.3, -0.25) is 4.57 Å². The molecule has 0 fully saturated rings. The molecule has 0 bridgehead atoms. The number of aliphatic hydroxyl groups is 3. The lowest BCUT2D eigenvalue weighted by Crippen LogP contribution is -2.47. The number of unbranched alkanes of at least 4 members (excludes halogenated alkanes) is 2. The van der Waals surface area contributed by atoms with E-state index in [1.54, 1.807) is 0 Å². The lowest BCUT2D eigenvalue weighted by atomic mass is 10.2. The number of likely N-dealkylation sites (N-methyl/N-ethyl adjacent to an activating group) is 1. The molecule has 0 radical (unpaired) electrons. The molecule has 0 heterocycles. The van der Waals surface area contributed by atoms with Crippen molar-refractivity contribution >= 4 is 7.82 Å². The minimum absolute atomic E-state index is 0.364. The van der Waals surface area contributed by atoms with E-state index >= 15 is 0 Å². The molecular formula is C13H30NO7P. The summed E-state index contributed by atoms with van der Waals surface area (Å²) in [5, 5.41) is 27.5. The van der Waals surface area contributed by atoms with Gasteiger partial charge in [0, 0.05) is 0 Å². The number of quaternary nitrogens is 1. The Kier molecular flexibility index (Phi) is 10.6. The van der Waals surface area contributed by atoms with Gasteiger partial charge in [0.2, 0.25) is 0 Å². The highest BCUT2D eigenvalue weighted by Crippen LogP contribution is 2.38. The topological polar surface area (TPSA) is 119 Å². The second-order valence-electron chi connectivity index (χ2n) is 6.08. The normalized spacial score (nSPS) is 18.0. The molecule has 0 aromatic heterocycles. The van der Waals surface area contributed by atoms with Crippen molar-refractivity contribution in [3.05, 3.63) is 0 Å². The van der Waals surface area contributed by atoms with Crippen molar-refractivity contribution in [3.8, 4) is 0 Å². The minimum atomic E-state index is -4.59. The molecular weight excluding hydrogens is 313 g/mol. The molecule has 0 saturated carbocycles. The number of phosphoric acid groups is 1. The lowest BCUT2D eigenvalue weighted by molar-refractivity contribution is -0.893. The standard InChI is InChI=1S/C13H30NO7P/c1-4-5-6-7-14(2,3)8-12(16)10-20-22(18,19)21-11-13(17)9-15/h12-13,15-17H,4-11H2,1-3H3. The highest BCUT2D eigenvalue weighted by molar-refractivity contribution is 7.45. The van der Waals surface area contributed by atoms with Gasteiger partial charge in [0.25, 0.3) is 7.82 Å². The second-order valence-corrected chi connectivity index (χ2v) is 7.49. The molecule has 0 spiro atoms. The molecule has 9 heteroatoms. The van der Waals surface area contributed by atoms with Crippen LogP contribution in [0.15, 0.2) is 0 Å². The van der Waals surface area contributed by atoms with Crippen molar-refractivity contribution in [3.63, 3.8) is 0 Å². The molecule has 0 amide bonds. The summed E-state index contributed by atoms with van der Waals surface area (Å²) in [5.74, 6) is 0. The Morgan fingerprint density at radius 3 is 2.18 bits per heavy atom. The molecule has 0 saturated heterocycles. The van der Waals surface area contributed by atoms with E-state index in [0.29, 0.717) is 11.0 Å². The quantitative estimate of drug-likeness (QED) is 0.234. The van der Waals surface area contributed by atoms with E-state index in [9.17, 15) is 14.6 Å². The van der Waals surface area contributed by atoms with Crippen LogP contribution in [0.5, 0.6) is 0 Å². The van der Waals surface area contributed by atoms with Crippen LogP contribution in [0, 0.1) is 0 Å². The van der Waals surface area contributed by atoms with Crippen LogP contribution < -0.4 is 4.89 Å². The summed E-state index contributed by atoms with van der Waals surface area (Å²) < 4.78 is 20.9. The Hall–Kier alpha value is -0.0500. The lowest BCUT2D eigenvalue weighted by Gasteiger charge is -2.32. The van der Waals surface area contributed by atoms with Crippen molar-refractivity contribution < 1.29 is 38.3 Å². The summed E-state index contributed by atoms with van der Waals surface area (Å²) in [6.45, 7) is 1.79. The van der Waals surface area contributed by atoms with Gasteiger partial charge in [-0.2, -0.15) is 0 Å². The van der Waals surface area contributed by atoms with E-state index in [1.165, 1.54) is 0 Å². The third kappa shape index (κ3) is 11.5. The fraction of sp³-hybridized carbons (Fsp3) is 1.00. The largest absolute Gasteiger partial charge is 0.756 e. The third-order valence-corrected chi connectivity index (χ3v) is 4.06. The van der Waals surface area contributed by atoms with Crippen LogP contribution in [0.3, 0.4) is 0 Å². The zero-order valence-electron chi connectivity index (χ0n) is 13.7. The van der Waals surface area contributed by atoms with E-state index in [2.05, 4.69) is 16.0 Å². The number of nitrogens with zero attached hydrogens (tertiary/aromatic N) is 1. The van der Waals surface area contributed by atoms with Crippen LogP contribution in [0.4, 0.5) is 0 Å². The fourth-order valence-electron chi connectivity index (χ4n) is 1.95. The average molecular weight is 343 g/mol. The first-order chi connectivity index (χ1) is 10.1. The molecule has 0 aliphatic heterocycles. The number of aliphatic hydroxyl groups excluding tert-OH is 3. The van der Waals surface area contributed by atoms with Crippen LogP contribution in [-0.2, 0) is 13.6 Å². The molecule has 0 aliphatic carbocycles. The Labute approximate surface area is 132 Å². The number of rotatable bonds is 13. The molecule has 0 aromatic rings. The average Bonchev–Trinajstić information content (AvgIpc) is 2.42. The fourth-order valence-corrected chi connectivity index (χ4v) is 2.73. The molecule has 0 rings (SSSR count). The summed E-state index contributed by atoms with van der Waals surface area (Å²) in [6, 6.07) is 0. The predicted octanol–water partition coefficient (Wildman–Crippen LogP) is -0.531. The van der Waals surface area contributed by atoms with Gasteiger partial charge >= 0.3 is 0 Å². The summed E-state index contributed by atoms with van der Waals surface area (Å²) in [5.41, 5.74) is 0. The van der Waals surface area contributed by atoms with Crippen molar-refractivity contribution in [2.24, 2.45) is 0 Å². The Morgan fingerprint density at radius 1 is 1.14 bits per heavy atom. The second kappa shape index (κ2) is 10.7. The molecule has 8 nitrogen and oxygen atoms in total. The molecule has 3 atom stereocenters. The first-order valence-corrected chi connectivity index (χ1v) is 8.97. The molecule has 3 N–H and O–H groups in total. The minimum Gasteiger partial charge on any atom is -0.756 e. The van der Waals surface area contributed by atoms with Crippen molar-refractivity contribution in [1.82, 2.24) is 0 Å². The summed E-state index contributed by atoms with van der Waals surface area (Å²) in [6.07, 6.45) is 1.04. The summed E-state index contributed by atoms with van der Waals surface area (Å²) in [4.78, 5) is 11.4. The van der Waals surface area contributed by atoms with Gasteiger partial charge in [-0.25, -0.2) is 0 Å². The van der Waals surface area contributed by atoms with E-state index in [-0.39, 0.29) is 0 Å². The zero-order valence-corrected chi connectivity index (χ0v) is 14.6. The maximum absolute atomic E-state index is 11.4.